The van der Waals surface area contributed by atoms with E-state index in [-0.39, 0.29) is 25.0 Å². The van der Waals surface area contributed by atoms with E-state index >= 15 is 0 Å². The topological polar surface area (TPSA) is 67.9 Å². The number of anilines is 1. The summed E-state index contributed by atoms with van der Waals surface area (Å²) in [5, 5.41) is 2.90. The van der Waals surface area contributed by atoms with Crippen LogP contribution in [0.5, 0.6) is 11.5 Å². The maximum atomic E-state index is 12.3. The molecule has 0 atom stereocenters. The molecule has 2 aromatic rings. The summed E-state index contributed by atoms with van der Waals surface area (Å²) in [7, 11) is 1.63. The summed E-state index contributed by atoms with van der Waals surface area (Å²) in [6.45, 7) is 2.68. The van der Waals surface area contributed by atoms with Crippen LogP contribution < -0.4 is 19.7 Å². The molecule has 6 heteroatoms. The molecule has 1 amide bonds. The van der Waals surface area contributed by atoms with Crippen molar-refractivity contribution in [3.63, 3.8) is 0 Å². The number of amides is 1. The number of carbonyl (C=O) groups is 2. The van der Waals surface area contributed by atoms with E-state index in [1.54, 1.807) is 18.1 Å². The van der Waals surface area contributed by atoms with Crippen LogP contribution in [0.2, 0.25) is 0 Å². The molecule has 0 aromatic heterocycles. The predicted molar refractivity (Wildman–Crippen MR) is 98.7 cm³/mol. The van der Waals surface area contributed by atoms with E-state index in [0.29, 0.717) is 12.3 Å². The third kappa shape index (κ3) is 4.33. The van der Waals surface area contributed by atoms with Crippen LogP contribution >= 0.6 is 0 Å². The Hall–Kier alpha value is -3.02. The number of nitrogens with zero attached hydrogens (tertiary/aromatic N) is 1. The van der Waals surface area contributed by atoms with Crippen molar-refractivity contribution in [2.75, 3.05) is 31.6 Å². The number of aryl methyl sites for hydroxylation is 1. The maximum Gasteiger partial charge on any atom is 0.331 e. The zero-order chi connectivity index (χ0) is 18.5. The molecule has 0 saturated carbocycles. The van der Waals surface area contributed by atoms with Crippen LogP contribution in [0.4, 0.5) is 5.69 Å². The van der Waals surface area contributed by atoms with Gasteiger partial charge < -0.3 is 19.7 Å². The Morgan fingerprint density at radius 2 is 2.00 bits per heavy atom. The molecular weight excluding hydrogens is 332 g/mol. The molecule has 0 unspecified atom stereocenters. The molecule has 2 aromatic carbocycles. The number of methoxy groups -OCH3 is 1. The Morgan fingerprint density at radius 1 is 1.23 bits per heavy atom. The van der Waals surface area contributed by atoms with Crippen molar-refractivity contribution in [1.29, 1.82) is 0 Å². The minimum Gasteiger partial charge on any atom is -0.497 e. The van der Waals surface area contributed by atoms with Crippen molar-refractivity contribution in [2.45, 2.75) is 13.3 Å². The van der Waals surface area contributed by atoms with E-state index in [1.807, 2.05) is 43.3 Å². The third-order valence-corrected chi connectivity index (χ3v) is 4.23. The Labute approximate surface area is 152 Å². The van der Waals surface area contributed by atoms with Crippen molar-refractivity contribution < 1.29 is 19.1 Å². The molecule has 3 rings (SSSR count). The van der Waals surface area contributed by atoms with E-state index in [1.165, 1.54) is 0 Å². The van der Waals surface area contributed by atoms with Crippen LogP contribution in [0.15, 0.2) is 42.5 Å². The normalized spacial score (nSPS) is 13.0. The molecule has 0 fully saturated rings. The molecule has 1 heterocycles. The van der Waals surface area contributed by atoms with Gasteiger partial charge in [0.25, 0.3) is 0 Å². The van der Waals surface area contributed by atoms with Gasteiger partial charge in [-0.3, -0.25) is 4.79 Å². The second-order valence-corrected chi connectivity index (χ2v) is 6.25. The highest BCUT2D eigenvalue weighted by Gasteiger charge is 2.25. The molecule has 6 nitrogen and oxygen atoms in total. The fourth-order valence-electron chi connectivity index (χ4n) is 2.87. The first-order chi connectivity index (χ1) is 12.5. The summed E-state index contributed by atoms with van der Waals surface area (Å²) in [6.07, 6.45) is 0.730. The number of hydrogen-bond donors (Lipinski definition) is 1. The van der Waals surface area contributed by atoms with Crippen molar-refractivity contribution in [1.82, 2.24) is 5.32 Å². The first-order valence-electron chi connectivity index (χ1n) is 8.51. The highest BCUT2D eigenvalue weighted by atomic mass is 16.5. The molecule has 0 saturated heterocycles. The van der Waals surface area contributed by atoms with Gasteiger partial charge in [0.1, 0.15) is 12.3 Å². The number of nitrogens with one attached hydrogen (secondary N) is 1. The Balaban J connectivity index is 1.55. The Kier molecular flexibility index (Phi) is 5.41. The van der Waals surface area contributed by atoms with Crippen LogP contribution in [0.3, 0.4) is 0 Å². The second kappa shape index (κ2) is 7.91. The lowest BCUT2D eigenvalue weighted by molar-refractivity contribution is -0.133. The number of rotatable bonds is 6. The van der Waals surface area contributed by atoms with Crippen LogP contribution in [-0.2, 0) is 16.0 Å². The van der Waals surface area contributed by atoms with E-state index in [4.69, 9.17) is 9.47 Å². The van der Waals surface area contributed by atoms with Gasteiger partial charge in [0.05, 0.1) is 19.3 Å². The smallest absolute Gasteiger partial charge is 0.331 e. The summed E-state index contributed by atoms with van der Waals surface area (Å²) in [4.78, 5) is 25.8. The SMILES string of the molecule is COc1ccc(CCNC(=O)CN2CC(=O)Oc3ccc(C)cc32)cc1. The zero-order valence-corrected chi connectivity index (χ0v) is 15.0. The maximum absolute atomic E-state index is 12.3. The Bertz CT molecular complexity index is 802. The largest absolute Gasteiger partial charge is 0.497 e. The third-order valence-electron chi connectivity index (χ3n) is 4.23. The lowest BCUT2D eigenvalue weighted by Gasteiger charge is -2.29. The minimum atomic E-state index is -0.354. The summed E-state index contributed by atoms with van der Waals surface area (Å²) < 4.78 is 10.4. The van der Waals surface area contributed by atoms with Crippen LogP contribution in [0.1, 0.15) is 11.1 Å². The van der Waals surface area contributed by atoms with E-state index in [9.17, 15) is 9.59 Å². The quantitative estimate of drug-likeness (QED) is 0.635. The van der Waals surface area contributed by atoms with Crippen molar-refractivity contribution >= 4 is 17.6 Å². The van der Waals surface area contributed by atoms with Gasteiger partial charge in [-0.05, 0) is 48.7 Å². The molecule has 1 aliphatic rings. The van der Waals surface area contributed by atoms with Gasteiger partial charge in [0.15, 0.2) is 5.75 Å². The number of fused-ring (bicyclic) bond motifs is 1. The molecule has 0 spiro atoms. The lowest BCUT2D eigenvalue weighted by atomic mass is 10.1. The zero-order valence-electron chi connectivity index (χ0n) is 15.0. The summed E-state index contributed by atoms with van der Waals surface area (Å²) in [5.41, 5.74) is 2.94. The van der Waals surface area contributed by atoms with Gasteiger partial charge in [-0.25, -0.2) is 4.79 Å². The molecule has 26 heavy (non-hydrogen) atoms. The molecule has 0 aliphatic carbocycles. The minimum absolute atomic E-state index is 0.0718. The summed E-state index contributed by atoms with van der Waals surface area (Å²) in [6, 6.07) is 13.3. The fraction of sp³-hybridized carbons (Fsp3) is 0.300. The van der Waals surface area contributed by atoms with Gasteiger partial charge >= 0.3 is 5.97 Å². The first kappa shape index (κ1) is 17.8. The molecule has 136 valence electrons. The number of esters is 1. The van der Waals surface area contributed by atoms with Crippen molar-refractivity contribution in [2.24, 2.45) is 0 Å². The van der Waals surface area contributed by atoms with Gasteiger partial charge in [-0.15, -0.1) is 0 Å². The van der Waals surface area contributed by atoms with E-state index < -0.39 is 0 Å². The van der Waals surface area contributed by atoms with Crippen LogP contribution in [0, 0.1) is 6.92 Å². The molecular formula is C20H22N2O4. The van der Waals surface area contributed by atoms with Crippen LogP contribution in [0.25, 0.3) is 0 Å². The predicted octanol–water partition coefficient (Wildman–Crippen LogP) is 2.09. The van der Waals surface area contributed by atoms with E-state index in [0.717, 1.165) is 29.0 Å². The Morgan fingerprint density at radius 3 is 2.73 bits per heavy atom. The number of benzene rings is 2. The molecule has 1 N–H and O–H groups in total. The number of hydrogen-bond acceptors (Lipinski definition) is 5. The monoisotopic (exact) mass is 354 g/mol. The number of carbonyl (C=O) groups excluding carboxylic acids is 2. The highest BCUT2D eigenvalue weighted by Crippen LogP contribution is 2.32. The van der Waals surface area contributed by atoms with Gasteiger partial charge in [-0.1, -0.05) is 18.2 Å². The second-order valence-electron chi connectivity index (χ2n) is 6.25. The average Bonchev–Trinajstić information content (AvgIpc) is 2.63. The number of ether oxygens (including phenoxy) is 2. The fourth-order valence-corrected chi connectivity index (χ4v) is 2.87. The molecule has 1 aliphatic heterocycles. The van der Waals surface area contributed by atoms with Gasteiger partial charge in [0, 0.05) is 6.54 Å². The molecule has 0 bridgehead atoms. The highest BCUT2D eigenvalue weighted by molar-refractivity contribution is 5.89. The van der Waals surface area contributed by atoms with E-state index in [2.05, 4.69) is 5.32 Å². The van der Waals surface area contributed by atoms with Crippen molar-refractivity contribution in [3.05, 3.63) is 53.6 Å². The summed E-state index contributed by atoms with van der Waals surface area (Å²) in [5.74, 6) is 0.828. The van der Waals surface area contributed by atoms with Gasteiger partial charge in [-0.2, -0.15) is 0 Å². The van der Waals surface area contributed by atoms with Crippen molar-refractivity contribution in [3.8, 4) is 11.5 Å². The van der Waals surface area contributed by atoms with Gasteiger partial charge in [0.2, 0.25) is 5.91 Å². The molecule has 0 radical (unpaired) electrons. The first-order valence-corrected chi connectivity index (χ1v) is 8.51. The standard InChI is InChI=1S/C20H22N2O4/c1-14-3-8-18-17(11-14)22(13-20(24)26-18)12-19(23)21-10-9-15-4-6-16(25-2)7-5-15/h3-8,11H,9-10,12-13H2,1-2H3,(H,21,23). The lowest BCUT2D eigenvalue weighted by Crippen LogP contribution is -2.43. The average molecular weight is 354 g/mol. The van der Waals surface area contributed by atoms with Crippen LogP contribution in [-0.4, -0.2) is 38.6 Å². The summed E-state index contributed by atoms with van der Waals surface area (Å²) >= 11 is 0.